The minimum absolute atomic E-state index is 0.680. The van der Waals surface area contributed by atoms with Gasteiger partial charge in [-0.1, -0.05) is 48.0 Å². The molecule has 0 fully saturated rings. The molecule has 0 aliphatic carbocycles. The van der Waals surface area contributed by atoms with Crippen LogP contribution in [0, 0.1) is 6.92 Å². The lowest BCUT2D eigenvalue weighted by atomic mass is 10.0. The first-order valence-corrected chi connectivity index (χ1v) is 8.75. The number of hydrogen-bond donors (Lipinski definition) is 0. The minimum atomic E-state index is 0.680. The van der Waals surface area contributed by atoms with Crippen molar-refractivity contribution in [3.8, 4) is 23.0 Å². The van der Waals surface area contributed by atoms with Crippen molar-refractivity contribution in [3.63, 3.8) is 0 Å². The quantitative estimate of drug-likeness (QED) is 0.390. The molecule has 1 aliphatic heterocycles. The lowest BCUT2D eigenvalue weighted by molar-refractivity contribution is 0.435. The van der Waals surface area contributed by atoms with E-state index in [0.29, 0.717) is 11.7 Å². The number of aryl methyl sites for hydroxylation is 1. The zero-order valence-corrected chi connectivity index (χ0v) is 13.9. The predicted octanol–water partition coefficient (Wildman–Crippen LogP) is 4.87. The highest BCUT2D eigenvalue weighted by molar-refractivity contribution is 7.98. The van der Waals surface area contributed by atoms with Crippen LogP contribution in [-0.2, 0) is 6.42 Å². The first kappa shape index (κ1) is 14.3. The third-order valence-electron chi connectivity index (χ3n) is 3.95. The molecule has 1 aliphatic rings. The largest absolute Gasteiger partial charge is 0.438 e. The summed E-state index contributed by atoms with van der Waals surface area (Å²) in [4.78, 5) is 9.41. The van der Waals surface area contributed by atoms with Crippen molar-refractivity contribution in [1.82, 2.24) is 9.97 Å². The van der Waals surface area contributed by atoms with Gasteiger partial charge in [-0.25, -0.2) is 4.98 Å². The molecule has 0 bridgehead atoms. The van der Waals surface area contributed by atoms with Gasteiger partial charge < -0.3 is 4.74 Å². The summed E-state index contributed by atoms with van der Waals surface area (Å²) < 4.78 is 6.07. The van der Waals surface area contributed by atoms with Gasteiger partial charge in [-0.15, -0.1) is 11.8 Å². The van der Waals surface area contributed by atoms with E-state index in [-0.39, 0.29) is 0 Å². The Morgan fingerprint density at radius 1 is 1.04 bits per heavy atom. The van der Waals surface area contributed by atoms with Crippen LogP contribution in [0.15, 0.2) is 53.6 Å². The maximum absolute atomic E-state index is 6.07. The number of hydrogen-bond acceptors (Lipinski definition) is 4. The SMILES string of the molecule is CSc1nc(-c2ccccc2)nc2c1Cc1cc(C)ccc1O2. The van der Waals surface area contributed by atoms with E-state index in [1.165, 1.54) is 11.1 Å². The summed E-state index contributed by atoms with van der Waals surface area (Å²) in [6.07, 6.45) is 2.86. The Labute approximate surface area is 139 Å². The van der Waals surface area contributed by atoms with Gasteiger partial charge in [0.1, 0.15) is 10.8 Å². The summed E-state index contributed by atoms with van der Waals surface area (Å²) in [5, 5.41) is 0.987. The molecule has 0 spiro atoms. The van der Waals surface area contributed by atoms with Crippen LogP contribution in [0.1, 0.15) is 16.7 Å². The van der Waals surface area contributed by atoms with Crippen LogP contribution in [0.2, 0.25) is 0 Å². The monoisotopic (exact) mass is 320 g/mol. The Hall–Kier alpha value is -2.33. The van der Waals surface area contributed by atoms with Crippen molar-refractivity contribution < 1.29 is 4.74 Å². The smallest absolute Gasteiger partial charge is 0.227 e. The average Bonchev–Trinajstić information content (AvgIpc) is 2.60. The number of rotatable bonds is 2. The van der Waals surface area contributed by atoms with E-state index in [9.17, 15) is 0 Å². The standard InChI is InChI=1S/C19H16N2OS/c1-12-8-9-16-14(10-12)11-15-18(22-16)20-17(21-19(15)23-2)13-6-4-3-5-7-13/h3-10H,11H2,1-2H3. The summed E-state index contributed by atoms with van der Waals surface area (Å²) in [6, 6.07) is 16.3. The van der Waals surface area contributed by atoms with Gasteiger partial charge in [-0.05, 0) is 24.8 Å². The van der Waals surface area contributed by atoms with Gasteiger partial charge in [0.05, 0.1) is 5.56 Å². The molecule has 2 aromatic carbocycles. The summed E-state index contributed by atoms with van der Waals surface area (Å²) in [7, 11) is 0. The lowest BCUT2D eigenvalue weighted by Crippen LogP contribution is -2.09. The molecule has 0 saturated heterocycles. The fourth-order valence-corrected chi connectivity index (χ4v) is 3.39. The minimum Gasteiger partial charge on any atom is -0.438 e. The van der Waals surface area contributed by atoms with E-state index in [1.807, 2.05) is 42.7 Å². The van der Waals surface area contributed by atoms with Crippen molar-refractivity contribution in [1.29, 1.82) is 0 Å². The first-order valence-electron chi connectivity index (χ1n) is 7.52. The molecule has 0 N–H and O–H groups in total. The van der Waals surface area contributed by atoms with E-state index in [0.717, 1.165) is 28.3 Å². The van der Waals surface area contributed by atoms with Crippen molar-refractivity contribution in [2.75, 3.05) is 6.26 Å². The molecule has 4 heteroatoms. The van der Waals surface area contributed by atoms with Crippen LogP contribution in [-0.4, -0.2) is 16.2 Å². The van der Waals surface area contributed by atoms with E-state index in [4.69, 9.17) is 9.72 Å². The fourth-order valence-electron chi connectivity index (χ4n) is 2.81. The first-order chi connectivity index (χ1) is 11.2. The highest BCUT2D eigenvalue weighted by atomic mass is 32.2. The van der Waals surface area contributed by atoms with Gasteiger partial charge in [0, 0.05) is 12.0 Å². The zero-order valence-electron chi connectivity index (χ0n) is 13.0. The van der Waals surface area contributed by atoms with E-state index >= 15 is 0 Å². The molecule has 0 radical (unpaired) electrons. The van der Waals surface area contributed by atoms with E-state index in [1.54, 1.807) is 11.8 Å². The summed E-state index contributed by atoms with van der Waals surface area (Å²) in [5.74, 6) is 2.29. The molecule has 114 valence electrons. The Bertz CT molecular complexity index is 878. The maximum atomic E-state index is 6.07. The molecule has 0 saturated carbocycles. The summed E-state index contributed by atoms with van der Waals surface area (Å²) in [6.45, 7) is 2.10. The van der Waals surface area contributed by atoms with Gasteiger partial charge in [0.2, 0.25) is 5.88 Å². The molecule has 0 amide bonds. The summed E-state index contributed by atoms with van der Waals surface area (Å²) in [5.41, 5.74) is 4.52. The average molecular weight is 320 g/mol. The molecule has 3 nitrogen and oxygen atoms in total. The topological polar surface area (TPSA) is 35.0 Å². The molecular formula is C19H16N2OS. The second-order valence-electron chi connectivity index (χ2n) is 5.60. The molecule has 2 heterocycles. The van der Waals surface area contributed by atoms with Gasteiger partial charge in [-0.3, -0.25) is 0 Å². The molecule has 23 heavy (non-hydrogen) atoms. The highest BCUT2D eigenvalue weighted by Gasteiger charge is 2.23. The molecule has 3 aromatic rings. The second-order valence-corrected chi connectivity index (χ2v) is 6.39. The van der Waals surface area contributed by atoms with Crippen LogP contribution < -0.4 is 4.74 Å². The third-order valence-corrected chi connectivity index (χ3v) is 4.67. The number of aromatic nitrogens is 2. The Morgan fingerprint density at radius 2 is 1.87 bits per heavy atom. The summed E-state index contributed by atoms with van der Waals surface area (Å²) >= 11 is 1.64. The molecule has 0 atom stereocenters. The number of thioether (sulfide) groups is 1. The number of benzene rings is 2. The molecule has 0 unspecified atom stereocenters. The highest BCUT2D eigenvalue weighted by Crippen LogP contribution is 2.40. The van der Waals surface area contributed by atoms with Crippen molar-refractivity contribution in [2.24, 2.45) is 0 Å². The fraction of sp³-hybridized carbons (Fsp3) is 0.158. The number of fused-ring (bicyclic) bond motifs is 2. The van der Waals surface area contributed by atoms with Gasteiger partial charge in [0.25, 0.3) is 0 Å². The Kier molecular flexibility index (Phi) is 3.54. The predicted molar refractivity (Wildman–Crippen MR) is 93.3 cm³/mol. The third kappa shape index (κ3) is 2.59. The molecule has 1 aromatic heterocycles. The normalized spacial score (nSPS) is 12.3. The lowest BCUT2D eigenvalue weighted by Gasteiger charge is -2.21. The number of nitrogens with zero attached hydrogens (tertiary/aromatic N) is 2. The zero-order chi connectivity index (χ0) is 15.8. The van der Waals surface area contributed by atoms with Crippen molar-refractivity contribution in [3.05, 3.63) is 65.2 Å². The van der Waals surface area contributed by atoms with Crippen LogP contribution in [0.3, 0.4) is 0 Å². The van der Waals surface area contributed by atoms with Crippen molar-refractivity contribution in [2.45, 2.75) is 18.4 Å². The molecule has 4 rings (SSSR count). The van der Waals surface area contributed by atoms with Gasteiger partial charge in [-0.2, -0.15) is 4.98 Å². The van der Waals surface area contributed by atoms with Crippen LogP contribution in [0.25, 0.3) is 11.4 Å². The van der Waals surface area contributed by atoms with Crippen LogP contribution in [0.4, 0.5) is 0 Å². The Morgan fingerprint density at radius 3 is 2.65 bits per heavy atom. The van der Waals surface area contributed by atoms with Crippen molar-refractivity contribution >= 4 is 11.8 Å². The van der Waals surface area contributed by atoms with Crippen LogP contribution in [0.5, 0.6) is 11.6 Å². The Balaban J connectivity index is 1.84. The van der Waals surface area contributed by atoms with Crippen LogP contribution >= 0.6 is 11.8 Å². The van der Waals surface area contributed by atoms with E-state index in [2.05, 4.69) is 24.0 Å². The van der Waals surface area contributed by atoms with Gasteiger partial charge in [0.15, 0.2) is 5.82 Å². The molecular weight excluding hydrogens is 304 g/mol. The maximum Gasteiger partial charge on any atom is 0.227 e. The second kappa shape index (κ2) is 5.70. The van der Waals surface area contributed by atoms with Gasteiger partial charge >= 0.3 is 0 Å². The van der Waals surface area contributed by atoms with E-state index < -0.39 is 0 Å². The number of ether oxygens (including phenoxy) is 1.